The average Bonchev–Trinajstić information content (AvgIpc) is 2.80. The molecule has 16 heavy (non-hydrogen) atoms. The van der Waals surface area contributed by atoms with Crippen molar-refractivity contribution in [3.63, 3.8) is 0 Å². The van der Waals surface area contributed by atoms with Crippen LogP contribution in [0.2, 0.25) is 0 Å². The molecule has 0 aromatic rings. The van der Waals surface area contributed by atoms with E-state index in [4.69, 9.17) is 4.74 Å². The number of nitrogens with one attached hydrogen (secondary N) is 1. The predicted octanol–water partition coefficient (Wildman–Crippen LogP) is 0.969. The van der Waals surface area contributed by atoms with Gasteiger partial charge >= 0.3 is 0 Å². The summed E-state index contributed by atoms with van der Waals surface area (Å²) < 4.78 is 5.53. The molecule has 2 rings (SSSR count). The van der Waals surface area contributed by atoms with Crippen LogP contribution in [0.3, 0.4) is 0 Å². The monoisotopic (exact) mass is 226 g/mol. The van der Waals surface area contributed by atoms with Crippen molar-refractivity contribution in [2.24, 2.45) is 5.92 Å². The Kier molecular flexibility index (Phi) is 3.82. The van der Waals surface area contributed by atoms with E-state index < -0.39 is 0 Å². The van der Waals surface area contributed by atoms with Crippen molar-refractivity contribution in [2.75, 3.05) is 19.8 Å². The summed E-state index contributed by atoms with van der Waals surface area (Å²) in [5.74, 6) is 0.798. The van der Waals surface area contributed by atoms with E-state index in [0.717, 1.165) is 32.4 Å². The Morgan fingerprint density at radius 1 is 1.56 bits per heavy atom. The molecule has 0 bridgehead atoms. The van der Waals surface area contributed by atoms with Gasteiger partial charge in [0.1, 0.15) is 0 Å². The highest BCUT2D eigenvalue weighted by Crippen LogP contribution is 2.22. The predicted molar refractivity (Wildman–Crippen MR) is 61.9 cm³/mol. The van der Waals surface area contributed by atoms with E-state index in [1.165, 1.54) is 0 Å². The van der Waals surface area contributed by atoms with Gasteiger partial charge in [-0.25, -0.2) is 0 Å². The number of carbonyl (C=O) groups excluding carboxylic acids is 1. The van der Waals surface area contributed by atoms with Crippen molar-refractivity contribution in [3.05, 3.63) is 0 Å². The lowest BCUT2D eigenvalue weighted by Crippen LogP contribution is -2.35. The fourth-order valence-electron chi connectivity index (χ4n) is 2.57. The Morgan fingerprint density at radius 3 is 3.00 bits per heavy atom. The first-order valence-corrected chi connectivity index (χ1v) is 6.36. The Morgan fingerprint density at radius 2 is 2.38 bits per heavy atom. The van der Waals surface area contributed by atoms with E-state index in [0.29, 0.717) is 18.7 Å². The Balaban J connectivity index is 1.85. The van der Waals surface area contributed by atoms with Crippen LogP contribution in [0, 0.1) is 5.92 Å². The summed E-state index contributed by atoms with van der Waals surface area (Å²) in [6.45, 7) is 6.64. The van der Waals surface area contributed by atoms with Crippen molar-refractivity contribution in [1.29, 1.82) is 0 Å². The van der Waals surface area contributed by atoms with E-state index in [-0.39, 0.29) is 11.9 Å². The molecule has 3 unspecified atom stereocenters. The number of rotatable bonds is 4. The van der Waals surface area contributed by atoms with Crippen LogP contribution in [0.1, 0.15) is 33.1 Å². The number of hydrogen-bond donors (Lipinski definition) is 1. The summed E-state index contributed by atoms with van der Waals surface area (Å²) >= 11 is 0. The molecule has 0 aliphatic carbocycles. The number of ether oxygens (including phenoxy) is 1. The zero-order valence-corrected chi connectivity index (χ0v) is 10.2. The first-order chi connectivity index (χ1) is 7.72. The quantitative estimate of drug-likeness (QED) is 0.776. The average molecular weight is 226 g/mol. The normalized spacial score (nSPS) is 35.0. The largest absolute Gasteiger partial charge is 0.378 e. The molecular formula is C12H22N2O2. The van der Waals surface area contributed by atoms with Crippen molar-refractivity contribution in [3.8, 4) is 0 Å². The fraction of sp³-hybridized carbons (Fsp3) is 0.917. The third-order valence-corrected chi connectivity index (χ3v) is 3.70. The molecule has 2 heterocycles. The minimum atomic E-state index is 0.0580. The van der Waals surface area contributed by atoms with Gasteiger partial charge in [-0.15, -0.1) is 0 Å². The molecular weight excluding hydrogens is 204 g/mol. The number of nitrogens with zero attached hydrogens (tertiary/aromatic N) is 1. The summed E-state index contributed by atoms with van der Waals surface area (Å²) in [6, 6.07) is 0.0580. The highest BCUT2D eigenvalue weighted by atomic mass is 16.5. The first-order valence-electron chi connectivity index (χ1n) is 6.36. The van der Waals surface area contributed by atoms with Crippen molar-refractivity contribution in [2.45, 2.75) is 45.3 Å². The van der Waals surface area contributed by atoms with Gasteiger partial charge in [-0.3, -0.25) is 10.1 Å². The minimum absolute atomic E-state index is 0.0580. The second kappa shape index (κ2) is 5.15. The molecule has 2 saturated heterocycles. The maximum atomic E-state index is 12.0. The van der Waals surface area contributed by atoms with E-state index in [1.807, 2.05) is 4.90 Å². The molecule has 0 aromatic carbocycles. The lowest BCUT2D eigenvalue weighted by atomic mass is 10.0. The first kappa shape index (κ1) is 11.9. The van der Waals surface area contributed by atoms with Gasteiger partial charge in [0, 0.05) is 19.1 Å². The van der Waals surface area contributed by atoms with Crippen LogP contribution in [0.4, 0.5) is 0 Å². The molecule has 92 valence electrons. The molecule has 0 spiro atoms. The smallest absolute Gasteiger partial charge is 0.240 e. The number of amides is 1. The summed E-state index contributed by atoms with van der Waals surface area (Å²) in [5.41, 5.74) is 0. The van der Waals surface area contributed by atoms with E-state index in [2.05, 4.69) is 19.2 Å². The zero-order valence-electron chi connectivity index (χ0n) is 10.2. The second-order valence-electron chi connectivity index (χ2n) is 4.89. The number of carbonyl (C=O) groups is 1. The third kappa shape index (κ3) is 2.38. The topological polar surface area (TPSA) is 41.6 Å². The van der Waals surface area contributed by atoms with Crippen molar-refractivity contribution >= 4 is 5.91 Å². The second-order valence-corrected chi connectivity index (χ2v) is 4.89. The van der Waals surface area contributed by atoms with Crippen LogP contribution < -0.4 is 5.32 Å². The maximum Gasteiger partial charge on any atom is 0.240 e. The van der Waals surface area contributed by atoms with Crippen molar-refractivity contribution in [1.82, 2.24) is 10.2 Å². The Hall–Kier alpha value is -0.610. The van der Waals surface area contributed by atoms with Gasteiger partial charge in [0.15, 0.2) is 0 Å². The molecule has 2 aliphatic rings. The minimum Gasteiger partial charge on any atom is -0.378 e. The lowest BCUT2D eigenvalue weighted by molar-refractivity contribution is -0.129. The summed E-state index contributed by atoms with van der Waals surface area (Å²) in [5, 5.41) is 3.28. The molecule has 3 atom stereocenters. The third-order valence-electron chi connectivity index (χ3n) is 3.70. The highest BCUT2D eigenvalue weighted by molar-refractivity contribution is 5.83. The molecule has 0 saturated carbocycles. The maximum absolute atomic E-state index is 12.0. The van der Waals surface area contributed by atoms with E-state index in [1.54, 1.807) is 0 Å². The SMILES string of the molecule is CCCC1NCN(CC2CCOC2C)C1=O. The van der Waals surface area contributed by atoms with Crippen LogP contribution in [-0.4, -0.2) is 42.8 Å². The lowest BCUT2D eigenvalue weighted by Gasteiger charge is -2.21. The van der Waals surface area contributed by atoms with Crippen LogP contribution in [-0.2, 0) is 9.53 Å². The summed E-state index contributed by atoms with van der Waals surface area (Å²) in [4.78, 5) is 14.0. The molecule has 1 N–H and O–H groups in total. The van der Waals surface area contributed by atoms with Gasteiger partial charge in [0.05, 0.1) is 18.8 Å². The van der Waals surface area contributed by atoms with E-state index in [9.17, 15) is 4.79 Å². The van der Waals surface area contributed by atoms with Gasteiger partial charge in [0.25, 0.3) is 0 Å². The molecule has 0 radical (unpaired) electrons. The van der Waals surface area contributed by atoms with E-state index >= 15 is 0 Å². The zero-order chi connectivity index (χ0) is 11.5. The Bertz CT molecular complexity index is 257. The molecule has 2 fully saturated rings. The Labute approximate surface area is 97.3 Å². The van der Waals surface area contributed by atoms with Crippen molar-refractivity contribution < 1.29 is 9.53 Å². The molecule has 2 aliphatic heterocycles. The van der Waals surface area contributed by atoms with Gasteiger partial charge < -0.3 is 9.64 Å². The molecule has 0 aromatic heterocycles. The molecule has 1 amide bonds. The molecule has 4 heteroatoms. The standard InChI is InChI=1S/C12H22N2O2/c1-3-4-11-12(15)14(8-13-11)7-10-5-6-16-9(10)2/h9-11,13H,3-8H2,1-2H3. The van der Waals surface area contributed by atoms with Crippen LogP contribution >= 0.6 is 0 Å². The summed E-state index contributed by atoms with van der Waals surface area (Å²) in [7, 11) is 0. The van der Waals surface area contributed by atoms with Crippen LogP contribution in [0.15, 0.2) is 0 Å². The summed E-state index contributed by atoms with van der Waals surface area (Å²) in [6.07, 6.45) is 3.40. The van der Waals surface area contributed by atoms with Gasteiger partial charge in [0.2, 0.25) is 5.91 Å². The van der Waals surface area contributed by atoms with Gasteiger partial charge in [-0.1, -0.05) is 13.3 Å². The van der Waals surface area contributed by atoms with Crippen LogP contribution in [0.25, 0.3) is 0 Å². The van der Waals surface area contributed by atoms with Crippen LogP contribution in [0.5, 0.6) is 0 Å². The molecule has 4 nitrogen and oxygen atoms in total. The number of hydrogen-bond acceptors (Lipinski definition) is 3. The highest BCUT2D eigenvalue weighted by Gasteiger charge is 2.34. The van der Waals surface area contributed by atoms with Gasteiger partial charge in [-0.05, 0) is 19.8 Å². The van der Waals surface area contributed by atoms with Gasteiger partial charge in [-0.2, -0.15) is 0 Å². The fourth-order valence-corrected chi connectivity index (χ4v) is 2.57.